The fourth-order valence-corrected chi connectivity index (χ4v) is 1.67. The molecule has 0 aliphatic carbocycles. The first kappa shape index (κ1) is 13.0. The molecule has 0 unspecified atom stereocenters. The summed E-state index contributed by atoms with van der Waals surface area (Å²) in [5.41, 5.74) is 2.76. The van der Waals surface area contributed by atoms with Crippen LogP contribution in [0, 0.1) is 5.41 Å². The van der Waals surface area contributed by atoms with E-state index < -0.39 is 0 Å². The van der Waals surface area contributed by atoms with Crippen LogP contribution in [0.2, 0.25) is 0 Å². The Labute approximate surface area is 99.6 Å². The third-order valence-electron chi connectivity index (χ3n) is 2.22. The lowest BCUT2D eigenvalue weighted by Gasteiger charge is -2.20. The monoisotopic (exact) mass is 217 g/mol. The molecule has 0 saturated carbocycles. The van der Waals surface area contributed by atoms with Gasteiger partial charge in [-0.1, -0.05) is 51.1 Å². The molecule has 0 aliphatic heterocycles. The van der Waals surface area contributed by atoms with Crippen molar-refractivity contribution in [2.45, 2.75) is 47.1 Å². The summed E-state index contributed by atoms with van der Waals surface area (Å²) in [6.07, 6.45) is 1.02. The Kier molecular flexibility index (Phi) is 4.28. The van der Waals surface area contributed by atoms with Gasteiger partial charge in [0.25, 0.3) is 0 Å². The third-order valence-corrected chi connectivity index (χ3v) is 2.22. The molecule has 1 nitrogen and oxygen atoms in total. The lowest BCUT2D eigenvalue weighted by Crippen LogP contribution is -2.15. The summed E-state index contributed by atoms with van der Waals surface area (Å²) in [6, 6.07) is 10.9. The van der Waals surface area contributed by atoms with Gasteiger partial charge in [0.2, 0.25) is 0 Å². The fourth-order valence-electron chi connectivity index (χ4n) is 1.67. The summed E-state index contributed by atoms with van der Waals surface area (Å²) in [5.74, 6) is 0. The summed E-state index contributed by atoms with van der Waals surface area (Å²) in [7, 11) is 0. The van der Waals surface area contributed by atoms with Crippen LogP contribution in [0.4, 0.5) is 0 Å². The van der Waals surface area contributed by atoms with Crippen LogP contribution >= 0.6 is 0 Å². The van der Waals surface area contributed by atoms with Crippen molar-refractivity contribution in [1.29, 1.82) is 0 Å². The number of benzene rings is 1. The molecule has 16 heavy (non-hydrogen) atoms. The van der Waals surface area contributed by atoms with Crippen LogP contribution in [-0.2, 0) is 0 Å². The maximum Gasteiger partial charge on any atom is 0.0446 e. The molecular formula is C15H23N. The zero-order valence-electron chi connectivity index (χ0n) is 11.1. The molecule has 1 rings (SSSR count). The molecule has 1 heteroatoms. The Bertz CT molecular complexity index is 341. The van der Waals surface area contributed by atoms with Crippen molar-refractivity contribution in [3.63, 3.8) is 0 Å². The Morgan fingerprint density at radius 2 is 1.69 bits per heavy atom. The summed E-state index contributed by atoms with van der Waals surface area (Å²) >= 11 is 0. The minimum atomic E-state index is 0.281. The van der Waals surface area contributed by atoms with E-state index >= 15 is 0 Å². The molecule has 0 fully saturated rings. The lowest BCUT2D eigenvalue weighted by molar-refractivity contribution is 0.433. The van der Waals surface area contributed by atoms with Crippen molar-refractivity contribution in [1.82, 2.24) is 0 Å². The van der Waals surface area contributed by atoms with Crippen LogP contribution in [0.15, 0.2) is 35.3 Å². The van der Waals surface area contributed by atoms with E-state index in [0.717, 1.165) is 6.42 Å². The van der Waals surface area contributed by atoms with Crippen molar-refractivity contribution in [3.05, 3.63) is 35.9 Å². The molecular weight excluding hydrogens is 194 g/mol. The first-order valence-electron chi connectivity index (χ1n) is 6.00. The highest BCUT2D eigenvalue weighted by molar-refractivity contribution is 6.01. The van der Waals surface area contributed by atoms with Crippen molar-refractivity contribution < 1.29 is 0 Å². The van der Waals surface area contributed by atoms with Gasteiger partial charge in [-0.3, -0.25) is 4.99 Å². The number of rotatable bonds is 3. The average Bonchev–Trinajstić information content (AvgIpc) is 2.15. The van der Waals surface area contributed by atoms with Crippen molar-refractivity contribution in [2.75, 3.05) is 0 Å². The molecule has 0 aromatic heterocycles. The van der Waals surface area contributed by atoms with Gasteiger partial charge in [0.15, 0.2) is 0 Å². The van der Waals surface area contributed by atoms with E-state index in [9.17, 15) is 0 Å². The molecule has 0 spiro atoms. The van der Waals surface area contributed by atoms with Crippen LogP contribution in [-0.4, -0.2) is 11.8 Å². The SMILES string of the molecule is CC(C)N=C(CC(C)(C)C)c1ccccc1. The molecule has 0 bridgehead atoms. The minimum absolute atomic E-state index is 0.281. The first-order valence-corrected chi connectivity index (χ1v) is 6.00. The topological polar surface area (TPSA) is 12.4 Å². The van der Waals surface area contributed by atoms with Gasteiger partial charge >= 0.3 is 0 Å². The van der Waals surface area contributed by atoms with E-state index in [0.29, 0.717) is 6.04 Å². The number of aliphatic imine (C=N–C) groups is 1. The predicted molar refractivity (Wildman–Crippen MR) is 72.2 cm³/mol. The molecule has 0 saturated heterocycles. The van der Waals surface area contributed by atoms with Gasteiger partial charge in [0, 0.05) is 11.8 Å². The zero-order valence-corrected chi connectivity index (χ0v) is 11.1. The van der Waals surface area contributed by atoms with Gasteiger partial charge in [0.05, 0.1) is 0 Å². The maximum absolute atomic E-state index is 4.75. The van der Waals surface area contributed by atoms with E-state index in [4.69, 9.17) is 4.99 Å². The highest BCUT2D eigenvalue weighted by Crippen LogP contribution is 2.22. The van der Waals surface area contributed by atoms with E-state index in [-0.39, 0.29) is 5.41 Å². The van der Waals surface area contributed by atoms with E-state index in [2.05, 4.69) is 58.9 Å². The number of nitrogens with zero attached hydrogens (tertiary/aromatic N) is 1. The Morgan fingerprint density at radius 1 is 1.12 bits per heavy atom. The molecule has 1 aromatic carbocycles. The standard InChI is InChI=1S/C15H23N/c1-12(2)16-14(11-15(3,4)5)13-9-7-6-8-10-13/h6-10,12H,11H2,1-5H3. The molecule has 0 heterocycles. The van der Waals surface area contributed by atoms with Gasteiger partial charge < -0.3 is 0 Å². The normalized spacial score (nSPS) is 13.2. The van der Waals surface area contributed by atoms with Crippen LogP contribution in [0.5, 0.6) is 0 Å². The minimum Gasteiger partial charge on any atom is -0.286 e. The van der Waals surface area contributed by atoms with Crippen LogP contribution in [0.3, 0.4) is 0 Å². The summed E-state index contributed by atoms with van der Waals surface area (Å²) in [5, 5.41) is 0. The Balaban J connectivity index is 2.98. The average molecular weight is 217 g/mol. The number of hydrogen-bond acceptors (Lipinski definition) is 1. The molecule has 0 radical (unpaired) electrons. The van der Waals surface area contributed by atoms with Gasteiger partial charge in [-0.15, -0.1) is 0 Å². The highest BCUT2D eigenvalue weighted by Gasteiger charge is 2.15. The van der Waals surface area contributed by atoms with E-state index in [1.54, 1.807) is 0 Å². The second-order valence-electron chi connectivity index (χ2n) is 5.77. The molecule has 88 valence electrons. The summed E-state index contributed by atoms with van der Waals surface area (Å²) in [4.78, 5) is 4.75. The summed E-state index contributed by atoms with van der Waals surface area (Å²) < 4.78 is 0. The number of hydrogen-bond donors (Lipinski definition) is 0. The van der Waals surface area contributed by atoms with Crippen molar-refractivity contribution in [2.24, 2.45) is 10.4 Å². The maximum atomic E-state index is 4.75. The largest absolute Gasteiger partial charge is 0.286 e. The second kappa shape index (κ2) is 5.29. The van der Waals surface area contributed by atoms with Crippen LogP contribution in [0.25, 0.3) is 0 Å². The Morgan fingerprint density at radius 3 is 2.12 bits per heavy atom. The fraction of sp³-hybridized carbons (Fsp3) is 0.533. The third kappa shape index (κ3) is 4.61. The van der Waals surface area contributed by atoms with Crippen LogP contribution in [0.1, 0.15) is 46.6 Å². The van der Waals surface area contributed by atoms with Crippen molar-refractivity contribution >= 4 is 5.71 Å². The van der Waals surface area contributed by atoms with Gasteiger partial charge in [0.1, 0.15) is 0 Å². The Hall–Kier alpha value is -1.11. The zero-order chi connectivity index (χ0) is 12.2. The van der Waals surface area contributed by atoms with Crippen LogP contribution < -0.4 is 0 Å². The quantitative estimate of drug-likeness (QED) is 0.669. The molecule has 0 N–H and O–H groups in total. The smallest absolute Gasteiger partial charge is 0.0446 e. The van der Waals surface area contributed by atoms with E-state index in [1.807, 2.05) is 6.07 Å². The molecule has 1 aromatic rings. The summed E-state index contributed by atoms with van der Waals surface area (Å²) in [6.45, 7) is 11.0. The van der Waals surface area contributed by atoms with Gasteiger partial charge in [-0.05, 0) is 31.2 Å². The lowest BCUT2D eigenvalue weighted by atomic mass is 9.87. The molecule has 0 aliphatic rings. The molecule has 0 amide bonds. The predicted octanol–water partition coefficient (Wildman–Crippen LogP) is 4.32. The molecule has 0 atom stereocenters. The van der Waals surface area contributed by atoms with Gasteiger partial charge in [-0.25, -0.2) is 0 Å². The van der Waals surface area contributed by atoms with Crippen molar-refractivity contribution in [3.8, 4) is 0 Å². The highest BCUT2D eigenvalue weighted by atomic mass is 14.8. The van der Waals surface area contributed by atoms with E-state index in [1.165, 1.54) is 11.3 Å². The first-order chi connectivity index (χ1) is 7.38. The van der Waals surface area contributed by atoms with Gasteiger partial charge in [-0.2, -0.15) is 0 Å². The second-order valence-corrected chi connectivity index (χ2v) is 5.77.